The normalized spacial score (nSPS) is 24.1. The summed E-state index contributed by atoms with van der Waals surface area (Å²) in [5.41, 5.74) is 1.09. The van der Waals surface area contributed by atoms with Gasteiger partial charge in [-0.2, -0.15) is 5.26 Å². The standard InChI is InChI=1S/C15H19FN2O/c1-11-5-6-18(10-15(11)19-2)9-12-3-4-14(16)13(7-12)8-17/h3-4,7,11,15H,5-6,9-10H2,1-2H3. The van der Waals surface area contributed by atoms with E-state index in [9.17, 15) is 4.39 Å². The molecular formula is C15H19FN2O. The van der Waals surface area contributed by atoms with E-state index in [0.29, 0.717) is 5.92 Å². The Labute approximate surface area is 113 Å². The minimum Gasteiger partial charge on any atom is -0.380 e. The summed E-state index contributed by atoms with van der Waals surface area (Å²) in [6, 6.07) is 6.63. The number of piperidine rings is 1. The van der Waals surface area contributed by atoms with E-state index >= 15 is 0 Å². The molecule has 0 spiro atoms. The number of hydrogen-bond donors (Lipinski definition) is 0. The van der Waals surface area contributed by atoms with Crippen molar-refractivity contribution in [1.82, 2.24) is 4.90 Å². The summed E-state index contributed by atoms with van der Waals surface area (Å²) in [5, 5.41) is 8.84. The Morgan fingerprint density at radius 3 is 3.00 bits per heavy atom. The second-order valence-corrected chi connectivity index (χ2v) is 5.20. The zero-order valence-corrected chi connectivity index (χ0v) is 11.4. The number of likely N-dealkylation sites (tertiary alicyclic amines) is 1. The molecule has 1 aliphatic heterocycles. The van der Waals surface area contributed by atoms with E-state index in [1.54, 1.807) is 19.2 Å². The molecule has 1 heterocycles. The Kier molecular flexibility index (Phi) is 4.52. The molecule has 1 fully saturated rings. The molecule has 3 nitrogen and oxygen atoms in total. The van der Waals surface area contributed by atoms with Gasteiger partial charge in [-0.1, -0.05) is 13.0 Å². The van der Waals surface area contributed by atoms with E-state index in [-0.39, 0.29) is 11.7 Å². The first-order chi connectivity index (χ1) is 9.13. The maximum absolute atomic E-state index is 13.3. The average Bonchev–Trinajstić information content (AvgIpc) is 2.43. The lowest BCUT2D eigenvalue weighted by molar-refractivity contribution is -0.00745. The van der Waals surface area contributed by atoms with Crippen molar-refractivity contribution in [2.75, 3.05) is 20.2 Å². The second-order valence-electron chi connectivity index (χ2n) is 5.20. The third-order valence-electron chi connectivity index (χ3n) is 3.83. The van der Waals surface area contributed by atoms with Gasteiger partial charge >= 0.3 is 0 Å². The average molecular weight is 262 g/mol. The van der Waals surface area contributed by atoms with Crippen molar-refractivity contribution < 1.29 is 9.13 Å². The molecule has 0 saturated carbocycles. The number of rotatable bonds is 3. The van der Waals surface area contributed by atoms with Gasteiger partial charge < -0.3 is 4.74 Å². The molecule has 2 atom stereocenters. The van der Waals surface area contributed by atoms with Gasteiger partial charge in [-0.3, -0.25) is 4.90 Å². The zero-order valence-electron chi connectivity index (χ0n) is 11.4. The third kappa shape index (κ3) is 3.31. The van der Waals surface area contributed by atoms with Crippen molar-refractivity contribution in [2.24, 2.45) is 5.92 Å². The maximum Gasteiger partial charge on any atom is 0.140 e. The van der Waals surface area contributed by atoms with E-state index in [1.165, 1.54) is 6.07 Å². The number of benzene rings is 1. The van der Waals surface area contributed by atoms with Crippen LogP contribution in [0.3, 0.4) is 0 Å². The van der Waals surface area contributed by atoms with Crippen molar-refractivity contribution in [3.63, 3.8) is 0 Å². The molecule has 4 heteroatoms. The molecular weight excluding hydrogens is 243 g/mol. The van der Waals surface area contributed by atoms with Gasteiger partial charge in [-0.15, -0.1) is 0 Å². The molecule has 0 bridgehead atoms. The molecule has 1 saturated heterocycles. The lowest BCUT2D eigenvalue weighted by atomic mass is 9.95. The monoisotopic (exact) mass is 262 g/mol. The smallest absolute Gasteiger partial charge is 0.140 e. The van der Waals surface area contributed by atoms with Crippen LogP contribution in [0.4, 0.5) is 4.39 Å². The molecule has 19 heavy (non-hydrogen) atoms. The number of halogens is 1. The number of nitrogens with zero attached hydrogens (tertiary/aromatic N) is 2. The molecule has 1 aliphatic rings. The predicted octanol–water partition coefficient (Wildman–Crippen LogP) is 2.55. The minimum atomic E-state index is -0.451. The van der Waals surface area contributed by atoms with Crippen molar-refractivity contribution in [3.05, 3.63) is 35.1 Å². The lowest BCUT2D eigenvalue weighted by Gasteiger charge is -2.36. The first-order valence-electron chi connectivity index (χ1n) is 6.57. The van der Waals surface area contributed by atoms with Gasteiger partial charge in [0.2, 0.25) is 0 Å². The van der Waals surface area contributed by atoms with Crippen LogP contribution in [0.5, 0.6) is 0 Å². The van der Waals surface area contributed by atoms with Gasteiger partial charge in [0.15, 0.2) is 0 Å². The molecule has 0 aromatic heterocycles. The van der Waals surface area contributed by atoms with Crippen LogP contribution in [0, 0.1) is 23.1 Å². The highest BCUT2D eigenvalue weighted by molar-refractivity contribution is 5.34. The van der Waals surface area contributed by atoms with Crippen LogP contribution in [0.25, 0.3) is 0 Å². The fourth-order valence-corrected chi connectivity index (χ4v) is 2.56. The lowest BCUT2D eigenvalue weighted by Crippen LogP contribution is -2.43. The molecule has 2 rings (SSSR count). The van der Waals surface area contributed by atoms with E-state index in [1.807, 2.05) is 6.07 Å². The van der Waals surface area contributed by atoms with Crippen molar-refractivity contribution in [1.29, 1.82) is 5.26 Å². The van der Waals surface area contributed by atoms with Crippen LogP contribution in [0.15, 0.2) is 18.2 Å². The molecule has 0 N–H and O–H groups in total. The second kappa shape index (κ2) is 6.14. The molecule has 2 unspecified atom stereocenters. The van der Waals surface area contributed by atoms with Crippen LogP contribution in [-0.4, -0.2) is 31.2 Å². The summed E-state index contributed by atoms with van der Waals surface area (Å²) in [5.74, 6) is 0.123. The topological polar surface area (TPSA) is 36.3 Å². The molecule has 0 aliphatic carbocycles. The molecule has 102 valence electrons. The summed E-state index contributed by atoms with van der Waals surface area (Å²) >= 11 is 0. The van der Waals surface area contributed by atoms with Crippen molar-refractivity contribution >= 4 is 0 Å². The highest BCUT2D eigenvalue weighted by Gasteiger charge is 2.25. The van der Waals surface area contributed by atoms with Gasteiger partial charge in [-0.25, -0.2) is 4.39 Å². The highest BCUT2D eigenvalue weighted by atomic mass is 19.1. The van der Waals surface area contributed by atoms with E-state index in [2.05, 4.69) is 11.8 Å². The van der Waals surface area contributed by atoms with Crippen molar-refractivity contribution in [3.8, 4) is 6.07 Å². The number of ether oxygens (including phenoxy) is 1. The fourth-order valence-electron chi connectivity index (χ4n) is 2.56. The SMILES string of the molecule is COC1CN(Cc2ccc(F)c(C#N)c2)CCC1C. The van der Waals surface area contributed by atoms with Crippen LogP contribution < -0.4 is 0 Å². The maximum atomic E-state index is 13.3. The molecule has 0 radical (unpaired) electrons. The quantitative estimate of drug-likeness (QED) is 0.840. The van der Waals surface area contributed by atoms with E-state index in [4.69, 9.17) is 10.00 Å². The summed E-state index contributed by atoms with van der Waals surface area (Å²) in [7, 11) is 1.75. The van der Waals surface area contributed by atoms with Gasteiger partial charge in [-0.05, 0) is 36.6 Å². The summed E-state index contributed by atoms with van der Waals surface area (Å²) in [4.78, 5) is 2.29. The van der Waals surface area contributed by atoms with Crippen molar-refractivity contribution in [2.45, 2.75) is 26.0 Å². The molecule has 1 aromatic rings. The Bertz CT molecular complexity index is 484. The predicted molar refractivity (Wildman–Crippen MR) is 71.0 cm³/mol. The number of methoxy groups -OCH3 is 1. The van der Waals surface area contributed by atoms with Crippen LogP contribution in [0.2, 0.25) is 0 Å². The van der Waals surface area contributed by atoms with Crippen LogP contribution in [0.1, 0.15) is 24.5 Å². The zero-order chi connectivity index (χ0) is 13.8. The minimum absolute atomic E-state index is 0.117. The van der Waals surface area contributed by atoms with Gasteiger partial charge in [0.25, 0.3) is 0 Å². The summed E-state index contributed by atoms with van der Waals surface area (Å²) in [6.45, 7) is 4.84. The van der Waals surface area contributed by atoms with Gasteiger partial charge in [0.1, 0.15) is 11.9 Å². The Hall–Kier alpha value is -1.44. The number of hydrogen-bond acceptors (Lipinski definition) is 3. The Morgan fingerprint density at radius 2 is 2.32 bits per heavy atom. The largest absolute Gasteiger partial charge is 0.380 e. The summed E-state index contributed by atoms with van der Waals surface area (Å²) in [6.07, 6.45) is 1.36. The van der Waals surface area contributed by atoms with Gasteiger partial charge in [0, 0.05) is 20.2 Å². The Balaban J connectivity index is 2.04. The highest BCUT2D eigenvalue weighted by Crippen LogP contribution is 2.21. The Morgan fingerprint density at radius 1 is 1.53 bits per heavy atom. The first-order valence-corrected chi connectivity index (χ1v) is 6.57. The first kappa shape index (κ1) is 14.0. The third-order valence-corrected chi connectivity index (χ3v) is 3.83. The molecule has 0 amide bonds. The molecule has 1 aromatic carbocycles. The van der Waals surface area contributed by atoms with Crippen LogP contribution in [-0.2, 0) is 11.3 Å². The van der Waals surface area contributed by atoms with Crippen LogP contribution >= 0.6 is 0 Å². The van der Waals surface area contributed by atoms with Gasteiger partial charge in [0.05, 0.1) is 11.7 Å². The van der Waals surface area contributed by atoms with E-state index < -0.39 is 5.82 Å². The van der Waals surface area contributed by atoms with E-state index in [0.717, 1.165) is 31.6 Å². The number of nitriles is 1. The fraction of sp³-hybridized carbons (Fsp3) is 0.533. The summed E-state index contributed by atoms with van der Waals surface area (Å²) < 4.78 is 18.7.